The van der Waals surface area contributed by atoms with E-state index in [1.54, 1.807) is 0 Å². The van der Waals surface area contributed by atoms with Crippen molar-refractivity contribution in [3.05, 3.63) is 42.1 Å². The van der Waals surface area contributed by atoms with Crippen molar-refractivity contribution in [1.29, 1.82) is 0 Å². The maximum absolute atomic E-state index is 6.74. The lowest BCUT2D eigenvalue weighted by Crippen LogP contribution is -2.46. The van der Waals surface area contributed by atoms with Gasteiger partial charge in [0.1, 0.15) is 0 Å². The van der Waals surface area contributed by atoms with Gasteiger partial charge in [-0.25, -0.2) is 0 Å². The van der Waals surface area contributed by atoms with Crippen LogP contribution < -0.4 is 5.73 Å². The van der Waals surface area contributed by atoms with E-state index in [0.717, 1.165) is 17.9 Å². The molecule has 1 saturated carbocycles. The van der Waals surface area contributed by atoms with E-state index in [0.29, 0.717) is 5.92 Å². The molecule has 2 N–H and O–H groups in total. The van der Waals surface area contributed by atoms with Crippen molar-refractivity contribution >= 4 is 10.9 Å². The number of aromatic nitrogens is 1. The van der Waals surface area contributed by atoms with E-state index >= 15 is 0 Å². The summed E-state index contributed by atoms with van der Waals surface area (Å²) in [5, 5.41) is 1.19. The van der Waals surface area contributed by atoms with Gasteiger partial charge >= 0.3 is 0 Å². The van der Waals surface area contributed by atoms with Crippen molar-refractivity contribution < 1.29 is 0 Å². The van der Waals surface area contributed by atoms with E-state index in [1.807, 2.05) is 12.3 Å². The van der Waals surface area contributed by atoms with E-state index in [4.69, 9.17) is 5.73 Å². The van der Waals surface area contributed by atoms with Crippen LogP contribution in [0, 0.1) is 11.8 Å². The lowest BCUT2D eigenvalue weighted by Gasteiger charge is -2.42. The molecule has 100 valence electrons. The van der Waals surface area contributed by atoms with Crippen LogP contribution in [0.5, 0.6) is 0 Å². The summed E-state index contributed by atoms with van der Waals surface area (Å²) in [5.41, 5.74) is 8.78. The van der Waals surface area contributed by atoms with Gasteiger partial charge in [-0.15, -0.1) is 0 Å². The standard InChI is InChI=1S/C17H22N2/c1-12-7-8-17(18,13(2)9-12)15-10-14-5-3-4-6-16(14)19-11-15/h3-6,10-13H,7-9,18H2,1-2H3. The van der Waals surface area contributed by atoms with Crippen LogP contribution >= 0.6 is 0 Å². The van der Waals surface area contributed by atoms with Gasteiger partial charge in [-0.3, -0.25) is 4.98 Å². The number of nitrogens with two attached hydrogens (primary N) is 1. The van der Waals surface area contributed by atoms with E-state index < -0.39 is 0 Å². The second-order valence-electron chi connectivity index (χ2n) is 6.24. The first-order chi connectivity index (χ1) is 9.09. The fourth-order valence-electron chi connectivity index (χ4n) is 3.42. The van der Waals surface area contributed by atoms with Gasteiger partial charge in [-0.1, -0.05) is 32.0 Å². The number of fused-ring (bicyclic) bond motifs is 1. The van der Waals surface area contributed by atoms with Gasteiger partial charge in [-0.2, -0.15) is 0 Å². The molecular weight excluding hydrogens is 232 g/mol. The monoisotopic (exact) mass is 254 g/mol. The van der Waals surface area contributed by atoms with Gasteiger partial charge in [0.05, 0.1) is 5.52 Å². The Balaban J connectivity index is 2.03. The van der Waals surface area contributed by atoms with Crippen molar-refractivity contribution in [2.24, 2.45) is 17.6 Å². The Bertz CT molecular complexity index is 593. The van der Waals surface area contributed by atoms with Gasteiger partial charge in [-0.05, 0) is 48.8 Å². The smallest absolute Gasteiger partial charge is 0.0702 e. The summed E-state index contributed by atoms with van der Waals surface area (Å²) in [6, 6.07) is 10.5. The lowest BCUT2D eigenvalue weighted by atomic mass is 9.67. The third-order valence-electron chi connectivity index (χ3n) is 4.81. The summed E-state index contributed by atoms with van der Waals surface area (Å²) >= 11 is 0. The molecule has 19 heavy (non-hydrogen) atoms. The van der Waals surface area contributed by atoms with Crippen LogP contribution in [-0.2, 0) is 5.54 Å². The molecule has 1 heterocycles. The number of hydrogen-bond acceptors (Lipinski definition) is 2. The molecule has 0 radical (unpaired) electrons. The molecule has 0 aliphatic heterocycles. The molecule has 0 saturated heterocycles. The van der Waals surface area contributed by atoms with Gasteiger partial charge in [0, 0.05) is 17.1 Å². The summed E-state index contributed by atoms with van der Waals surface area (Å²) in [6.45, 7) is 4.61. The molecule has 1 fully saturated rings. The van der Waals surface area contributed by atoms with Crippen molar-refractivity contribution in [2.75, 3.05) is 0 Å². The Morgan fingerprint density at radius 3 is 2.84 bits per heavy atom. The van der Waals surface area contributed by atoms with Crippen molar-refractivity contribution in [1.82, 2.24) is 4.98 Å². The zero-order valence-corrected chi connectivity index (χ0v) is 11.8. The minimum atomic E-state index is -0.205. The third kappa shape index (κ3) is 2.14. The predicted molar refractivity (Wildman–Crippen MR) is 79.8 cm³/mol. The number of rotatable bonds is 1. The van der Waals surface area contributed by atoms with Gasteiger partial charge in [0.25, 0.3) is 0 Å². The van der Waals surface area contributed by atoms with Crippen LogP contribution in [-0.4, -0.2) is 4.98 Å². The normalized spacial score (nSPS) is 31.5. The molecule has 1 aromatic heterocycles. The summed E-state index contributed by atoms with van der Waals surface area (Å²) in [4.78, 5) is 4.58. The summed E-state index contributed by atoms with van der Waals surface area (Å²) in [7, 11) is 0. The van der Waals surface area contributed by atoms with E-state index in [-0.39, 0.29) is 5.54 Å². The second-order valence-corrected chi connectivity index (χ2v) is 6.24. The molecule has 0 bridgehead atoms. The fourth-order valence-corrected chi connectivity index (χ4v) is 3.42. The molecule has 0 spiro atoms. The molecule has 0 amide bonds. The van der Waals surface area contributed by atoms with Crippen LogP contribution in [0.3, 0.4) is 0 Å². The van der Waals surface area contributed by atoms with Gasteiger partial charge in [0.15, 0.2) is 0 Å². The molecule has 2 nitrogen and oxygen atoms in total. The summed E-state index contributed by atoms with van der Waals surface area (Å²) in [6.07, 6.45) is 5.47. The highest BCUT2D eigenvalue weighted by Gasteiger charge is 2.38. The molecule has 3 unspecified atom stereocenters. The summed E-state index contributed by atoms with van der Waals surface area (Å²) in [5.74, 6) is 1.30. The van der Waals surface area contributed by atoms with Gasteiger partial charge < -0.3 is 5.73 Å². The van der Waals surface area contributed by atoms with E-state index in [1.165, 1.54) is 23.8 Å². The molecular formula is C17H22N2. The van der Waals surface area contributed by atoms with Crippen LogP contribution in [0.25, 0.3) is 10.9 Å². The Labute approximate surface area is 115 Å². The number of benzene rings is 1. The Morgan fingerprint density at radius 1 is 1.26 bits per heavy atom. The molecule has 1 aromatic carbocycles. The number of hydrogen-bond donors (Lipinski definition) is 1. The fraction of sp³-hybridized carbons (Fsp3) is 0.471. The first-order valence-corrected chi connectivity index (χ1v) is 7.24. The first kappa shape index (κ1) is 12.6. The highest BCUT2D eigenvalue weighted by Crippen LogP contribution is 2.41. The van der Waals surface area contributed by atoms with Crippen molar-refractivity contribution in [3.8, 4) is 0 Å². The number of nitrogens with zero attached hydrogens (tertiary/aromatic N) is 1. The maximum Gasteiger partial charge on any atom is 0.0702 e. The average molecular weight is 254 g/mol. The van der Waals surface area contributed by atoms with Crippen LogP contribution in [0.15, 0.2) is 36.5 Å². The van der Waals surface area contributed by atoms with E-state index in [2.05, 4.69) is 43.1 Å². The first-order valence-electron chi connectivity index (χ1n) is 7.24. The number of pyridine rings is 1. The Kier molecular flexibility index (Phi) is 3.06. The lowest BCUT2D eigenvalue weighted by molar-refractivity contribution is 0.164. The highest BCUT2D eigenvalue weighted by atomic mass is 14.8. The van der Waals surface area contributed by atoms with Crippen LogP contribution in [0.1, 0.15) is 38.7 Å². The zero-order chi connectivity index (χ0) is 13.5. The SMILES string of the molecule is CC1CCC(N)(c2cnc3ccccc3c2)C(C)C1. The Hall–Kier alpha value is -1.41. The zero-order valence-electron chi connectivity index (χ0n) is 11.8. The topological polar surface area (TPSA) is 38.9 Å². The minimum Gasteiger partial charge on any atom is -0.321 e. The Morgan fingerprint density at radius 2 is 2.05 bits per heavy atom. The quantitative estimate of drug-likeness (QED) is 0.839. The second kappa shape index (κ2) is 4.61. The summed E-state index contributed by atoms with van der Waals surface area (Å²) < 4.78 is 0. The molecule has 3 atom stereocenters. The van der Waals surface area contributed by atoms with Crippen molar-refractivity contribution in [2.45, 2.75) is 38.6 Å². The maximum atomic E-state index is 6.74. The molecule has 2 heteroatoms. The van der Waals surface area contributed by atoms with Crippen molar-refractivity contribution in [3.63, 3.8) is 0 Å². The molecule has 2 aromatic rings. The third-order valence-corrected chi connectivity index (χ3v) is 4.81. The minimum absolute atomic E-state index is 0.205. The largest absolute Gasteiger partial charge is 0.321 e. The number of para-hydroxylation sites is 1. The molecule has 1 aliphatic carbocycles. The van der Waals surface area contributed by atoms with E-state index in [9.17, 15) is 0 Å². The van der Waals surface area contributed by atoms with Crippen LogP contribution in [0.4, 0.5) is 0 Å². The van der Waals surface area contributed by atoms with Crippen LogP contribution in [0.2, 0.25) is 0 Å². The molecule has 1 aliphatic rings. The average Bonchev–Trinajstić information content (AvgIpc) is 2.43. The predicted octanol–water partition coefficient (Wildman–Crippen LogP) is 3.84. The van der Waals surface area contributed by atoms with Gasteiger partial charge in [0.2, 0.25) is 0 Å². The molecule has 3 rings (SSSR count). The highest BCUT2D eigenvalue weighted by molar-refractivity contribution is 5.79.